The SMILES string of the molecule is CCc1ncnc(NC(C)c2nn(C)cc2OC)c1F. The van der Waals surface area contributed by atoms with Crippen molar-refractivity contribution < 1.29 is 9.13 Å². The molecule has 0 radical (unpaired) electrons. The highest BCUT2D eigenvalue weighted by molar-refractivity contribution is 5.41. The lowest BCUT2D eigenvalue weighted by molar-refractivity contribution is 0.407. The Kier molecular flexibility index (Phi) is 4.16. The minimum absolute atomic E-state index is 0.178. The zero-order valence-electron chi connectivity index (χ0n) is 12.0. The van der Waals surface area contributed by atoms with Crippen molar-refractivity contribution in [3.63, 3.8) is 0 Å². The summed E-state index contributed by atoms with van der Waals surface area (Å²) in [5.74, 6) is 0.409. The molecule has 2 aromatic heterocycles. The molecule has 0 aliphatic carbocycles. The molecule has 20 heavy (non-hydrogen) atoms. The molecule has 0 aliphatic rings. The van der Waals surface area contributed by atoms with E-state index in [0.717, 1.165) is 0 Å². The minimum Gasteiger partial charge on any atom is -0.493 e. The van der Waals surface area contributed by atoms with Crippen LogP contribution in [0.4, 0.5) is 10.2 Å². The number of methoxy groups -OCH3 is 1. The standard InChI is InChI=1S/C13H18FN5O/c1-5-9-11(14)13(16-7-15-9)17-8(2)12-10(20-4)6-19(3)18-12/h6-8H,5H2,1-4H3,(H,15,16,17). The van der Waals surface area contributed by atoms with Gasteiger partial charge in [-0.15, -0.1) is 0 Å². The topological polar surface area (TPSA) is 64.9 Å². The third-order valence-electron chi connectivity index (χ3n) is 3.00. The smallest absolute Gasteiger partial charge is 0.186 e. The van der Waals surface area contributed by atoms with Crippen molar-refractivity contribution in [2.75, 3.05) is 12.4 Å². The molecule has 2 heterocycles. The van der Waals surface area contributed by atoms with E-state index in [2.05, 4.69) is 20.4 Å². The first-order valence-electron chi connectivity index (χ1n) is 6.40. The number of anilines is 1. The van der Waals surface area contributed by atoms with E-state index < -0.39 is 5.82 Å². The van der Waals surface area contributed by atoms with E-state index >= 15 is 0 Å². The Morgan fingerprint density at radius 2 is 2.20 bits per heavy atom. The summed E-state index contributed by atoms with van der Waals surface area (Å²) in [5.41, 5.74) is 1.09. The molecule has 0 fully saturated rings. The van der Waals surface area contributed by atoms with E-state index in [-0.39, 0.29) is 11.9 Å². The predicted molar refractivity (Wildman–Crippen MR) is 73.2 cm³/mol. The number of hydrogen-bond donors (Lipinski definition) is 1. The Morgan fingerprint density at radius 3 is 2.85 bits per heavy atom. The van der Waals surface area contributed by atoms with Crippen LogP contribution in [0.2, 0.25) is 0 Å². The third-order valence-corrected chi connectivity index (χ3v) is 3.00. The maximum absolute atomic E-state index is 14.1. The first kappa shape index (κ1) is 14.2. The van der Waals surface area contributed by atoms with Gasteiger partial charge in [-0.05, 0) is 13.3 Å². The highest BCUT2D eigenvalue weighted by Gasteiger charge is 2.18. The summed E-state index contributed by atoms with van der Waals surface area (Å²) in [6, 6.07) is -0.236. The van der Waals surface area contributed by atoms with Crippen molar-refractivity contribution in [3.05, 3.63) is 29.7 Å². The van der Waals surface area contributed by atoms with Crippen molar-refractivity contribution in [1.29, 1.82) is 0 Å². The van der Waals surface area contributed by atoms with E-state index in [1.807, 2.05) is 13.8 Å². The van der Waals surface area contributed by atoms with Crippen LogP contribution in [0, 0.1) is 5.82 Å². The van der Waals surface area contributed by atoms with Gasteiger partial charge in [-0.3, -0.25) is 4.68 Å². The Hall–Kier alpha value is -2.18. The summed E-state index contributed by atoms with van der Waals surface area (Å²) in [6.45, 7) is 3.72. The molecule has 0 saturated heterocycles. The van der Waals surface area contributed by atoms with Crippen LogP contribution in [0.3, 0.4) is 0 Å². The number of nitrogens with zero attached hydrogens (tertiary/aromatic N) is 4. The molecule has 0 bridgehead atoms. The molecule has 2 rings (SSSR count). The molecule has 6 nitrogen and oxygen atoms in total. The van der Waals surface area contributed by atoms with Crippen LogP contribution < -0.4 is 10.1 Å². The highest BCUT2D eigenvalue weighted by Crippen LogP contribution is 2.26. The van der Waals surface area contributed by atoms with Gasteiger partial charge < -0.3 is 10.1 Å². The van der Waals surface area contributed by atoms with E-state index in [0.29, 0.717) is 23.6 Å². The average Bonchev–Trinajstić information content (AvgIpc) is 2.82. The van der Waals surface area contributed by atoms with Crippen LogP contribution in [0.25, 0.3) is 0 Å². The molecule has 7 heteroatoms. The van der Waals surface area contributed by atoms with Crippen LogP contribution in [0.1, 0.15) is 31.3 Å². The van der Waals surface area contributed by atoms with Crippen molar-refractivity contribution in [2.24, 2.45) is 7.05 Å². The Balaban J connectivity index is 2.25. The highest BCUT2D eigenvalue weighted by atomic mass is 19.1. The predicted octanol–water partition coefficient (Wildman–Crippen LogP) is 2.09. The van der Waals surface area contributed by atoms with Crippen molar-refractivity contribution in [1.82, 2.24) is 19.7 Å². The zero-order valence-corrected chi connectivity index (χ0v) is 12.0. The summed E-state index contributed by atoms with van der Waals surface area (Å²) < 4.78 is 21.0. The van der Waals surface area contributed by atoms with Gasteiger partial charge in [0.05, 0.1) is 25.0 Å². The van der Waals surface area contributed by atoms with Crippen LogP contribution in [-0.2, 0) is 13.5 Å². The summed E-state index contributed by atoms with van der Waals surface area (Å²) in [6.07, 6.45) is 3.64. The fourth-order valence-corrected chi connectivity index (χ4v) is 1.97. The largest absolute Gasteiger partial charge is 0.493 e. The first-order chi connectivity index (χ1) is 9.56. The number of aromatic nitrogens is 4. The van der Waals surface area contributed by atoms with Crippen LogP contribution >= 0.6 is 0 Å². The summed E-state index contributed by atoms with van der Waals surface area (Å²) in [4.78, 5) is 7.85. The zero-order chi connectivity index (χ0) is 14.7. The molecule has 108 valence electrons. The van der Waals surface area contributed by atoms with Gasteiger partial charge in [-0.2, -0.15) is 5.10 Å². The second-order valence-corrected chi connectivity index (χ2v) is 4.46. The van der Waals surface area contributed by atoms with E-state index in [9.17, 15) is 4.39 Å². The molecule has 1 atom stereocenters. The van der Waals surface area contributed by atoms with Crippen LogP contribution in [-0.4, -0.2) is 26.9 Å². The maximum atomic E-state index is 14.1. The lowest BCUT2D eigenvalue weighted by Crippen LogP contribution is -2.12. The number of aryl methyl sites for hydroxylation is 2. The Labute approximate surface area is 117 Å². The summed E-state index contributed by atoms with van der Waals surface area (Å²) in [7, 11) is 3.38. The Morgan fingerprint density at radius 1 is 1.45 bits per heavy atom. The number of hydrogen-bond acceptors (Lipinski definition) is 5. The van der Waals surface area contributed by atoms with Gasteiger partial charge in [0.1, 0.15) is 12.0 Å². The normalized spacial score (nSPS) is 12.2. The molecule has 1 unspecified atom stereocenters. The molecule has 0 saturated carbocycles. The van der Waals surface area contributed by atoms with Gasteiger partial charge in [0.15, 0.2) is 17.4 Å². The summed E-state index contributed by atoms with van der Waals surface area (Å²) >= 11 is 0. The number of nitrogens with one attached hydrogen (secondary N) is 1. The van der Waals surface area contributed by atoms with Crippen LogP contribution in [0.5, 0.6) is 5.75 Å². The number of halogens is 1. The van der Waals surface area contributed by atoms with Gasteiger partial charge >= 0.3 is 0 Å². The molecule has 2 aromatic rings. The first-order valence-corrected chi connectivity index (χ1v) is 6.40. The maximum Gasteiger partial charge on any atom is 0.186 e. The van der Waals surface area contributed by atoms with E-state index in [4.69, 9.17) is 4.74 Å². The van der Waals surface area contributed by atoms with Gasteiger partial charge in [0.25, 0.3) is 0 Å². The third kappa shape index (κ3) is 2.71. The van der Waals surface area contributed by atoms with Gasteiger partial charge in [0, 0.05) is 7.05 Å². The quantitative estimate of drug-likeness (QED) is 0.908. The lowest BCUT2D eigenvalue weighted by atomic mass is 10.2. The van der Waals surface area contributed by atoms with Crippen molar-refractivity contribution in [2.45, 2.75) is 26.3 Å². The van der Waals surface area contributed by atoms with Crippen LogP contribution in [0.15, 0.2) is 12.5 Å². The molecule has 0 aromatic carbocycles. The summed E-state index contributed by atoms with van der Waals surface area (Å²) in [5, 5.41) is 7.32. The Bertz CT molecular complexity index is 598. The number of ether oxygens (including phenoxy) is 1. The second kappa shape index (κ2) is 5.85. The monoisotopic (exact) mass is 279 g/mol. The minimum atomic E-state index is -0.420. The average molecular weight is 279 g/mol. The molecule has 0 aliphatic heterocycles. The second-order valence-electron chi connectivity index (χ2n) is 4.46. The van der Waals surface area contributed by atoms with Gasteiger partial charge in [-0.25, -0.2) is 14.4 Å². The molecular formula is C13H18FN5O. The number of rotatable bonds is 5. The van der Waals surface area contributed by atoms with Crippen molar-refractivity contribution >= 4 is 5.82 Å². The fourth-order valence-electron chi connectivity index (χ4n) is 1.97. The van der Waals surface area contributed by atoms with Gasteiger partial charge in [-0.1, -0.05) is 6.92 Å². The van der Waals surface area contributed by atoms with Gasteiger partial charge in [0.2, 0.25) is 0 Å². The van der Waals surface area contributed by atoms with Crippen molar-refractivity contribution in [3.8, 4) is 5.75 Å². The van der Waals surface area contributed by atoms with E-state index in [1.54, 1.807) is 25.0 Å². The molecule has 0 spiro atoms. The fraction of sp³-hybridized carbons (Fsp3) is 0.462. The molecule has 1 N–H and O–H groups in total. The molecule has 0 amide bonds. The molecular weight excluding hydrogens is 261 g/mol. The lowest BCUT2D eigenvalue weighted by Gasteiger charge is -2.14. The van der Waals surface area contributed by atoms with E-state index in [1.165, 1.54) is 6.33 Å².